The van der Waals surface area contributed by atoms with Crippen molar-refractivity contribution in [3.8, 4) is 22.9 Å². The number of alkyl halides is 2. The normalized spacial score (nSPS) is 10.8. The maximum Gasteiger partial charge on any atom is 0.388 e. The molecule has 3 rings (SSSR count). The molecule has 2 aromatic heterocycles. The van der Waals surface area contributed by atoms with Crippen molar-refractivity contribution in [2.24, 2.45) is 0 Å². The van der Waals surface area contributed by atoms with Crippen molar-refractivity contribution in [1.29, 1.82) is 0 Å². The summed E-state index contributed by atoms with van der Waals surface area (Å²) >= 11 is 0. The number of hydroxylamine groups is 2. The smallest absolute Gasteiger partial charge is 0.388 e. The Hall–Kier alpha value is -3.73. The average Bonchev–Trinajstić information content (AvgIpc) is 2.78. The Morgan fingerprint density at radius 3 is 2.65 bits per heavy atom. The first kappa shape index (κ1) is 22.0. The zero-order chi connectivity index (χ0) is 22.4. The quantitative estimate of drug-likeness (QED) is 0.502. The minimum Gasteiger partial charge on any atom is -0.497 e. The van der Waals surface area contributed by atoms with E-state index in [1.807, 2.05) is 0 Å². The van der Waals surface area contributed by atoms with Crippen molar-refractivity contribution >= 4 is 5.91 Å². The first-order valence-corrected chi connectivity index (χ1v) is 8.84. The van der Waals surface area contributed by atoms with Crippen LogP contribution in [0.25, 0.3) is 11.3 Å². The summed E-state index contributed by atoms with van der Waals surface area (Å²) in [6, 6.07) is 6.86. The molecule has 0 aliphatic rings. The molecule has 0 saturated heterocycles. The lowest BCUT2D eigenvalue weighted by atomic mass is 10.2. The highest BCUT2D eigenvalue weighted by atomic mass is 19.3. The van der Waals surface area contributed by atoms with Gasteiger partial charge in [-0.15, -0.1) is 0 Å². The summed E-state index contributed by atoms with van der Waals surface area (Å²) in [5.41, 5.74) is 0.884. The Labute approximate surface area is 175 Å². The van der Waals surface area contributed by atoms with Crippen LogP contribution in [0.1, 0.15) is 16.1 Å². The molecule has 0 atom stereocenters. The highest BCUT2D eigenvalue weighted by Crippen LogP contribution is 2.20. The van der Waals surface area contributed by atoms with Gasteiger partial charge in [-0.25, -0.2) is 19.4 Å². The van der Waals surface area contributed by atoms with Gasteiger partial charge in [-0.2, -0.15) is 8.78 Å². The summed E-state index contributed by atoms with van der Waals surface area (Å²) in [4.78, 5) is 29.9. The highest BCUT2D eigenvalue weighted by molar-refractivity contribution is 5.91. The van der Waals surface area contributed by atoms with Crippen LogP contribution in [0.2, 0.25) is 0 Å². The number of hydrogen-bond acceptors (Lipinski definition) is 7. The molecule has 8 nitrogen and oxygen atoms in total. The number of benzene rings is 1. The van der Waals surface area contributed by atoms with Gasteiger partial charge < -0.3 is 9.47 Å². The van der Waals surface area contributed by atoms with Crippen LogP contribution in [0, 0.1) is 5.82 Å². The number of hydrogen-bond donors (Lipinski definition) is 0. The highest BCUT2D eigenvalue weighted by Gasteiger charge is 2.17. The molecule has 2 heterocycles. The van der Waals surface area contributed by atoms with Gasteiger partial charge in [0.05, 0.1) is 25.2 Å². The van der Waals surface area contributed by atoms with Gasteiger partial charge in [0.25, 0.3) is 5.91 Å². The van der Waals surface area contributed by atoms with Crippen LogP contribution in [0.4, 0.5) is 13.2 Å². The number of ether oxygens (including phenoxy) is 2. The zero-order valence-electron chi connectivity index (χ0n) is 16.5. The first-order valence-electron chi connectivity index (χ1n) is 8.84. The van der Waals surface area contributed by atoms with Crippen LogP contribution in [0.3, 0.4) is 0 Å². The summed E-state index contributed by atoms with van der Waals surface area (Å²) in [7, 11) is 2.81. The van der Waals surface area contributed by atoms with Gasteiger partial charge in [-0.1, -0.05) is 0 Å². The molecule has 1 aromatic carbocycles. The largest absolute Gasteiger partial charge is 0.497 e. The summed E-state index contributed by atoms with van der Waals surface area (Å²) in [6.07, 6.45) is 3.88. The van der Waals surface area contributed by atoms with Gasteiger partial charge in [0.15, 0.2) is 0 Å². The van der Waals surface area contributed by atoms with Crippen molar-refractivity contribution in [3.63, 3.8) is 0 Å². The van der Waals surface area contributed by atoms with Crippen molar-refractivity contribution < 1.29 is 32.3 Å². The monoisotopic (exact) mass is 434 g/mol. The third-order valence-corrected chi connectivity index (χ3v) is 4.05. The fourth-order valence-corrected chi connectivity index (χ4v) is 2.48. The topological polar surface area (TPSA) is 86.7 Å². The molecule has 31 heavy (non-hydrogen) atoms. The Morgan fingerprint density at radius 2 is 1.97 bits per heavy atom. The van der Waals surface area contributed by atoms with Crippen LogP contribution in [-0.2, 0) is 11.4 Å². The van der Waals surface area contributed by atoms with E-state index in [1.165, 1.54) is 63.1 Å². The molecular weight excluding hydrogens is 417 g/mol. The van der Waals surface area contributed by atoms with E-state index < -0.39 is 18.3 Å². The molecule has 0 radical (unpaired) electrons. The number of amides is 1. The minimum absolute atomic E-state index is 0.0426. The molecule has 0 aliphatic carbocycles. The molecule has 0 unspecified atom stereocenters. The van der Waals surface area contributed by atoms with Gasteiger partial charge in [0, 0.05) is 30.4 Å². The van der Waals surface area contributed by atoms with Gasteiger partial charge in [0.1, 0.15) is 23.9 Å². The lowest BCUT2D eigenvalue weighted by molar-refractivity contribution is -0.117. The lowest BCUT2D eigenvalue weighted by Crippen LogP contribution is -2.28. The third kappa shape index (κ3) is 5.66. The Bertz CT molecular complexity index is 1050. The number of pyridine rings is 1. The van der Waals surface area contributed by atoms with Crippen LogP contribution in [0.15, 0.2) is 48.9 Å². The molecule has 11 heteroatoms. The molecular formula is C20H17F3N4O4. The maximum atomic E-state index is 13.9. The Kier molecular flexibility index (Phi) is 6.98. The van der Waals surface area contributed by atoms with Crippen molar-refractivity contribution in [3.05, 3.63) is 66.0 Å². The Morgan fingerprint density at radius 1 is 1.16 bits per heavy atom. The predicted molar refractivity (Wildman–Crippen MR) is 102 cm³/mol. The second-order valence-corrected chi connectivity index (χ2v) is 6.09. The van der Waals surface area contributed by atoms with Gasteiger partial charge >= 0.3 is 6.61 Å². The first-order chi connectivity index (χ1) is 14.9. The third-order valence-electron chi connectivity index (χ3n) is 4.05. The van der Waals surface area contributed by atoms with Crippen molar-refractivity contribution in [2.75, 3.05) is 14.2 Å². The van der Waals surface area contributed by atoms with Crippen LogP contribution < -0.4 is 9.47 Å². The number of methoxy groups -OCH3 is 1. The SMILES string of the molecule is COc1ccc(F)c(CON(C)C(=O)c2cncc(-c3ccc(OC(F)F)nc3)n2)c1. The van der Waals surface area contributed by atoms with Crippen molar-refractivity contribution in [1.82, 2.24) is 20.0 Å². The number of rotatable bonds is 8. The van der Waals surface area contributed by atoms with E-state index in [-0.39, 0.29) is 29.4 Å². The van der Waals surface area contributed by atoms with E-state index in [4.69, 9.17) is 9.57 Å². The summed E-state index contributed by atoms with van der Waals surface area (Å²) in [6.45, 7) is -3.20. The molecule has 0 fully saturated rings. The molecule has 3 aromatic rings. The van der Waals surface area contributed by atoms with E-state index in [0.29, 0.717) is 11.3 Å². The molecule has 0 N–H and O–H groups in total. The van der Waals surface area contributed by atoms with E-state index >= 15 is 0 Å². The summed E-state index contributed by atoms with van der Waals surface area (Å²) in [5, 5.41) is 0.907. The number of halogens is 3. The minimum atomic E-state index is -2.99. The van der Waals surface area contributed by atoms with Gasteiger partial charge in [-0.3, -0.25) is 14.6 Å². The second-order valence-electron chi connectivity index (χ2n) is 6.09. The maximum absolute atomic E-state index is 13.9. The molecule has 162 valence electrons. The standard InChI is InChI=1S/C20H17F3N4O4/c1-27(30-11-13-7-14(29-2)4-5-15(13)21)19(28)17-10-24-9-16(26-17)12-3-6-18(25-8-12)31-20(22)23/h3-10,20H,11H2,1-2H3. The number of carbonyl (C=O) groups is 1. The molecule has 0 spiro atoms. The Balaban J connectivity index is 1.69. The summed E-state index contributed by atoms with van der Waals surface area (Å²) < 4.78 is 47.6. The lowest BCUT2D eigenvalue weighted by Gasteiger charge is -2.17. The fourth-order valence-electron chi connectivity index (χ4n) is 2.48. The number of nitrogens with zero attached hydrogens (tertiary/aromatic N) is 4. The van der Waals surface area contributed by atoms with Gasteiger partial charge in [0.2, 0.25) is 5.88 Å². The molecule has 0 aliphatic heterocycles. The molecule has 0 saturated carbocycles. The van der Waals surface area contributed by atoms with Crippen molar-refractivity contribution in [2.45, 2.75) is 13.2 Å². The van der Waals surface area contributed by atoms with Crippen LogP contribution in [-0.4, -0.2) is 46.7 Å². The van der Waals surface area contributed by atoms with E-state index in [1.54, 1.807) is 0 Å². The predicted octanol–water partition coefficient (Wildman–Crippen LogP) is 3.49. The van der Waals surface area contributed by atoms with Crippen LogP contribution in [0.5, 0.6) is 11.6 Å². The molecule has 0 bridgehead atoms. The molecule has 1 amide bonds. The second kappa shape index (κ2) is 9.85. The average molecular weight is 434 g/mol. The van der Waals surface area contributed by atoms with Crippen LogP contribution >= 0.6 is 0 Å². The van der Waals surface area contributed by atoms with E-state index in [0.717, 1.165) is 5.06 Å². The number of aromatic nitrogens is 3. The summed E-state index contributed by atoms with van der Waals surface area (Å²) in [5.74, 6) is -0.929. The zero-order valence-corrected chi connectivity index (χ0v) is 16.5. The van der Waals surface area contributed by atoms with E-state index in [9.17, 15) is 18.0 Å². The fraction of sp³-hybridized carbons (Fsp3) is 0.200. The van der Waals surface area contributed by atoms with E-state index in [2.05, 4.69) is 19.7 Å². The van der Waals surface area contributed by atoms with Gasteiger partial charge in [-0.05, 0) is 24.3 Å². The number of carbonyl (C=O) groups excluding carboxylic acids is 1.